The van der Waals surface area contributed by atoms with Crippen LogP contribution in [0.3, 0.4) is 0 Å². The fraction of sp³-hybridized carbons (Fsp3) is 0.400. The number of nitrogens with one attached hydrogen (secondary N) is 1. The van der Waals surface area contributed by atoms with Crippen molar-refractivity contribution in [1.29, 1.82) is 0 Å². The van der Waals surface area contributed by atoms with Crippen molar-refractivity contribution in [3.63, 3.8) is 0 Å². The third-order valence-corrected chi connectivity index (χ3v) is 3.22. The van der Waals surface area contributed by atoms with Crippen molar-refractivity contribution in [3.8, 4) is 0 Å². The summed E-state index contributed by atoms with van der Waals surface area (Å²) in [5.74, 6) is 0.266. The van der Waals surface area contributed by atoms with E-state index in [9.17, 15) is 4.79 Å². The van der Waals surface area contributed by atoms with Gasteiger partial charge < -0.3 is 15.6 Å². The van der Waals surface area contributed by atoms with E-state index in [0.717, 1.165) is 5.01 Å². The quantitative estimate of drug-likeness (QED) is 0.817. The van der Waals surface area contributed by atoms with Crippen LogP contribution in [0.1, 0.15) is 34.4 Å². The predicted molar refractivity (Wildman–Crippen MR) is 65.1 cm³/mol. The zero-order valence-electron chi connectivity index (χ0n) is 9.79. The summed E-state index contributed by atoms with van der Waals surface area (Å²) in [6, 6.07) is -0.157. The van der Waals surface area contributed by atoms with Gasteiger partial charge in [-0.05, 0) is 6.92 Å². The van der Waals surface area contributed by atoms with Gasteiger partial charge in [0.05, 0.1) is 6.04 Å². The molecule has 0 aromatic carbocycles. The van der Waals surface area contributed by atoms with Crippen LogP contribution in [0.15, 0.2) is 16.2 Å². The number of carbonyl (C=O) groups is 1. The van der Waals surface area contributed by atoms with Gasteiger partial charge in [0.15, 0.2) is 6.33 Å². The second-order valence-electron chi connectivity index (χ2n) is 3.70. The Kier molecular flexibility index (Phi) is 4.00. The maximum atomic E-state index is 11.7. The van der Waals surface area contributed by atoms with Gasteiger partial charge in [-0.3, -0.25) is 4.79 Å². The highest BCUT2D eigenvalue weighted by Gasteiger charge is 2.12. The molecule has 0 aliphatic rings. The summed E-state index contributed by atoms with van der Waals surface area (Å²) in [5.41, 5.74) is 6.07. The standard InChI is InChI=1S/C10H13N5O2S/c1-6(11)10-15-7(4-18-10)9(16)12-3-2-8-13-5-14-17-8/h4-6H,2-3,11H2,1H3,(H,12,16). The first-order valence-electron chi connectivity index (χ1n) is 5.41. The Labute approximate surface area is 107 Å². The smallest absolute Gasteiger partial charge is 0.270 e. The summed E-state index contributed by atoms with van der Waals surface area (Å²) in [6.45, 7) is 2.25. The number of amides is 1. The van der Waals surface area contributed by atoms with Crippen molar-refractivity contribution in [1.82, 2.24) is 20.4 Å². The molecule has 2 rings (SSSR count). The van der Waals surface area contributed by atoms with Crippen LogP contribution in [0.5, 0.6) is 0 Å². The Balaban J connectivity index is 1.83. The lowest BCUT2D eigenvalue weighted by molar-refractivity contribution is 0.0949. The van der Waals surface area contributed by atoms with Crippen molar-refractivity contribution >= 4 is 17.2 Å². The minimum absolute atomic E-state index is 0.157. The highest BCUT2D eigenvalue weighted by molar-refractivity contribution is 7.09. The molecule has 0 saturated heterocycles. The van der Waals surface area contributed by atoms with Crippen molar-refractivity contribution in [3.05, 3.63) is 28.3 Å². The number of rotatable bonds is 5. The minimum atomic E-state index is -0.224. The lowest BCUT2D eigenvalue weighted by atomic mass is 10.3. The van der Waals surface area contributed by atoms with Gasteiger partial charge >= 0.3 is 0 Å². The molecule has 7 nitrogen and oxygen atoms in total. The summed E-state index contributed by atoms with van der Waals surface area (Å²) in [5, 5.41) is 8.65. The monoisotopic (exact) mass is 267 g/mol. The number of hydrogen-bond acceptors (Lipinski definition) is 7. The molecule has 0 aliphatic heterocycles. The first kappa shape index (κ1) is 12.7. The topological polar surface area (TPSA) is 107 Å². The molecule has 96 valence electrons. The van der Waals surface area contributed by atoms with E-state index in [1.54, 1.807) is 5.38 Å². The van der Waals surface area contributed by atoms with Gasteiger partial charge in [0, 0.05) is 18.3 Å². The van der Waals surface area contributed by atoms with E-state index in [2.05, 4.69) is 20.4 Å². The summed E-state index contributed by atoms with van der Waals surface area (Å²) >= 11 is 1.38. The largest absolute Gasteiger partial charge is 0.350 e. The summed E-state index contributed by atoms with van der Waals surface area (Å²) in [6.07, 6.45) is 1.82. The van der Waals surface area contributed by atoms with Crippen LogP contribution in [0.2, 0.25) is 0 Å². The van der Waals surface area contributed by atoms with Gasteiger partial charge in [-0.25, -0.2) is 4.98 Å². The van der Waals surface area contributed by atoms with Crippen LogP contribution >= 0.6 is 11.3 Å². The second kappa shape index (κ2) is 5.69. The Bertz CT molecular complexity index is 508. The van der Waals surface area contributed by atoms with Gasteiger partial charge in [-0.1, -0.05) is 5.16 Å². The number of carbonyl (C=O) groups excluding carboxylic acids is 1. The molecular weight excluding hydrogens is 254 g/mol. The first-order chi connectivity index (χ1) is 8.66. The summed E-state index contributed by atoms with van der Waals surface area (Å²) in [7, 11) is 0. The highest BCUT2D eigenvalue weighted by atomic mass is 32.1. The maximum Gasteiger partial charge on any atom is 0.270 e. The third-order valence-electron chi connectivity index (χ3n) is 2.18. The van der Waals surface area contributed by atoms with Crippen molar-refractivity contribution in [2.45, 2.75) is 19.4 Å². The van der Waals surface area contributed by atoms with Crippen LogP contribution in [0.25, 0.3) is 0 Å². The molecule has 2 aromatic rings. The molecule has 18 heavy (non-hydrogen) atoms. The molecule has 0 spiro atoms. The van der Waals surface area contributed by atoms with Gasteiger partial charge in [0.1, 0.15) is 10.7 Å². The number of nitrogens with zero attached hydrogens (tertiary/aromatic N) is 3. The van der Waals surface area contributed by atoms with Crippen LogP contribution in [0.4, 0.5) is 0 Å². The normalized spacial score (nSPS) is 12.3. The van der Waals surface area contributed by atoms with E-state index in [1.165, 1.54) is 17.7 Å². The van der Waals surface area contributed by atoms with Crippen LogP contribution < -0.4 is 11.1 Å². The van der Waals surface area contributed by atoms with E-state index in [4.69, 9.17) is 10.3 Å². The van der Waals surface area contributed by atoms with Gasteiger partial charge in [-0.2, -0.15) is 4.98 Å². The Morgan fingerprint density at radius 3 is 3.11 bits per heavy atom. The molecule has 0 saturated carbocycles. The molecule has 0 aliphatic carbocycles. The van der Waals surface area contributed by atoms with E-state index >= 15 is 0 Å². The zero-order chi connectivity index (χ0) is 13.0. The molecule has 1 amide bonds. The van der Waals surface area contributed by atoms with Gasteiger partial charge in [-0.15, -0.1) is 11.3 Å². The minimum Gasteiger partial charge on any atom is -0.350 e. The molecule has 1 unspecified atom stereocenters. The Morgan fingerprint density at radius 2 is 2.50 bits per heavy atom. The number of aromatic nitrogens is 3. The molecule has 0 bridgehead atoms. The summed E-state index contributed by atoms with van der Waals surface area (Å²) < 4.78 is 4.81. The SMILES string of the molecule is CC(N)c1nc(C(=O)NCCc2ncno2)cs1. The molecule has 3 N–H and O–H groups in total. The van der Waals surface area contributed by atoms with Crippen LogP contribution in [-0.4, -0.2) is 27.6 Å². The van der Waals surface area contributed by atoms with E-state index < -0.39 is 0 Å². The fourth-order valence-electron chi connectivity index (χ4n) is 1.28. The van der Waals surface area contributed by atoms with E-state index in [0.29, 0.717) is 24.6 Å². The van der Waals surface area contributed by atoms with Gasteiger partial charge in [0.2, 0.25) is 5.89 Å². The average molecular weight is 267 g/mol. The molecule has 0 radical (unpaired) electrons. The number of nitrogens with two attached hydrogens (primary N) is 1. The molecule has 2 aromatic heterocycles. The molecule has 8 heteroatoms. The molecule has 0 fully saturated rings. The Morgan fingerprint density at radius 1 is 1.67 bits per heavy atom. The zero-order valence-corrected chi connectivity index (χ0v) is 10.6. The van der Waals surface area contributed by atoms with Crippen LogP contribution in [-0.2, 0) is 6.42 Å². The summed E-state index contributed by atoms with van der Waals surface area (Å²) in [4.78, 5) is 19.7. The Hall–Kier alpha value is -1.80. The lowest BCUT2D eigenvalue weighted by Crippen LogP contribution is -2.26. The van der Waals surface area contributed by atoms with Crippen molar-refractivity contribution < 1.29 is 9.32 Å². The molecular formula is C10H13N5O2S. The van der Waals surface area contributed by atoms with Crippen molar-refractivity contribution in [2.24, 2.45) is 5.73 Å². The average Bonchev–Trinajstić information content (AvgIpc) is 2.99. The predicted octanol–water partition coefficient (Wildman–Crippen LogP) is 0.518. The molecule has 2 heterocycles. The third kappa shape index (κ3) is 3.11. The lowest BCUT2D eigenvalue weighted by Gasteiger charge is -2.00. The molecule has 1 atom stereocenters. The van der Waals surface area contributed by atoms with Gasteiger partial charge in [0.25, 0.3) is 5.91 Å². The first-order valence-corrected chi connectivity index (χ1v) is 6.29. The number of thiazole rings is 1. The number of hydrogen-bond donors (Lipinski definition) is 2. The van der Waals surface area contributed by atoms with E-state index in [1.807, 2.05) is 6.92 Å². The van der Waals surface area contributed by atoms with Crippen LogP contribution in [0, 0.1) is 0 Å². The van der Waals surface area contributed by atoms with E-state index in [-0.39, 0.29) is 11.9 Å². The fourth-order valence-corrected chi connectivity index (χ4v) is 2.04. The second-order valence-corrected chi connectivity index (χ2v) is 4.59. The van der Waals surface area contributed by atoms with Crippen molar-refractivity contribution in [2.75, 3.05) is 6.54 Å². The highest BCUT2D eigenvalue weighted by Crippen LogP contribution is 2.15. The maximum absolute atomic E-state index is 11.7.